The first kappa shape index (κ1) is 27.0. The van der Waals surface area contributed by atoms with Crippen molar-refractivity contribution in [2.24, 2.45) is 10.6 Å². The summed E-state index contributed by atoms with van der Waals surface area (Å²) in [7, 11) is 0. The van der Waals surface area contributed by atoms with Crippen molar-refractivity contribution in [3.05, 3.63) is 34.2 Å². The van der Waals surface area contributed by atoms with Crippen molar-refractivity contribution in [3.8, 4) is 0 Å². The zero-order valence-electron chi connectivity index (χ0n) is 19.7. The van der Waals surface area contributed by atoms with Crippen LogP contribution in [-0.4, -0.2) is 45.3 Å². The zero-order valence-corrected chi connectivity index (χ0v) is 21.3. The predicted octanol–water partition coefficient (Wildman–Crippen LogP) is 3.88. The number of anilines is 2. The molecule has 0 saturated carbocycles. The lowest BCUT2D eigenvalue weighted by Gasteiger charge is -2.38. The Morgan fingerprint density at radius 2 is 2.03 bits per heavy atom. The first-order valence-electron chi connectivity index (χ1n) is 10.5. The standard InChI is InChI=1S/C21H30BrFN8O3/c1-6-21(5,10-20(3,4)28-19(24)26-12(2)32)11-25-17-16(30-34-31-17)18(29-33)27-13-7-8-15(23)14(22)9-13/h7-9,33H,6,10-11H2,1-5H3,(H,25,31)(H,27,29)(H3,24,26,28,32). The summed E-state index contributed by atoms with van der Waals surface area (Å²) in [5.74, 6) is -0.581. The molecule has 186 valence electrons. The third kappa shape index (κ3) is 7.68. The van der Waals surface area contributed by atoms with Crippen LogP contribution in [0.5, 0.6) is 0 Å². The maximum Gasteiger partial charge on any atom is 0.223 e. The van der Waals surface area contributed by atoms with E-state index in [4.69, 9.17) is 10.0 Å². The Labute approximate surface area is 205 Å². The van der Waals surface area contributed by atoms with Crippen LogP contribution < -0.4 is 21.3 Å². The molecule has 0 fully saturated rings. The fourth-order valence-corrected chi connectivity index (χ4v) is 3.95. The average Bonchev–Trinajstić information content (AvgIpc) is 3.20. The fourth-order valence-electron chi connectivity index (χ4n) is 3.57. The van der Waals surface area contributed by atoms with Crippen LogP contribution in [0.3, 0.4) is 0 Å². The molecule has 1 amide bonds. The molecule has 1 unspecified atom stereocenters. The number of carbonyl (C=O) groups excluding carboxylic acids is 1. The second kappa shape index (κ2) is 11.3. The van der Waals surface area contributed by atoms with Crippen LogP contribution in [0.25, 0.3) is 0 Å². The zero-order chi connectivity index (χ0) is 25.5. The molecule has 1 atom stereocenters. The maximum absolute atomic E-state index is 13.5. The van der Waals surface area contributed by atoms with Gasteiger partial charge in [-0.2, -0.15) is 0 Å². The Hall–Kier alpha value is -3.22. The Bertz CT molecular complexity index is 1060. The molecular formula is C21H30BrFN8O3. The van der Waals surface area contributed by atoms with E-state index in [1.807, 2.05) is 20.8 Å². The van der Waals surface area contributed by atoms with E-state index >= 15 is 0 Å². The second-order valence-corrected chi connectivity index (χ2v) is 9.78. The summed E-state index contributed by atoms with van der Waals surface area (Å²) in [6.07, 6.45) is 1.44. The molecule has 0 aliphatic rings. The minimum atomic E-state index is -0.494. The molecule has 11 nitrogen and oxygen atoms in total. The first-order chi connectivity index (χ1) is 15.9. The highest BCUT2D eigenvalue weighted by Crippen LogP contribution is 2.32. The first-order valence-corrected chi connectivity index (χ1v) is 11.3. The summed E-state index contributed by atoms with van der Waals surface area (Å²) in [5.41, 5.74) is -0.143. The molecule has 2 aromatic rings. The number of nitrogens with zero attached hydrogens (tertiary/aromatic N) is 3. The van der Waals surface area contributed by atoms with Crippen molar-refractivity contribution in [2.45, 2.75) is 53.0 Å². The Morgan fingerprint density at radius 1 is 1.32 bits per heavy atom. The summed E-state index contributed by atoms with van der Waals surface area (Å²) in [5, 5.41) is 39.9. The summed E-state index contributed by atoms with van der Waals surface area (Å²) in [6, 6.07) is 4.23. The average molecular weight is 541 g/mol. The van der Waals surface area contributed by atoms with Gasteiger partial charge in [-0.1, -0.05) is 19.0 Å². The number of aromatic nitrogens is 2. The largest absolute Gasteiger partial charge is 0.409 e. The van der Waals surface area contributed by atoms with Crippen molar-refractivity contribution < 1.29 is 19.0 Å². The van der Waals surface area contributed by atoms with Gasteiger partial charge in [0.05, 0.1) is 4.47 Å². The van der Waals surface area contributed by atoms with Crippen molar-refractivity contribution in [3.63, 3.8) is 0 Å². The van der Waals surface area contributed by atoms with Crippen LogP contribution in [0.15, 0.2) is 32.5 Å². The van der Waals surface area contributed by atoms with Crippen molar-refractivity contribution >= 4 is 45.1 Å². The molecule has 0 bridgehead atoms. The van der Waals surface area contributed by atoms with Gasteiger partial charge in [-0.25, -0.2) is 9.02 Å². The lowest BCUT2D eigenvalue weighted by Crippen LogP contribution is -2.52. The highest BCUT2D eigenvalue weighted by Gasteiger charge is 2.32. The van der Waals surface area contributed by atoms with E-state index in [1.165, 1.54) is 25.1 Å². The lowest BCUT2D eigenvalue weighted by atomic mass is 9.76. The van der Waals surface area contributed by atoms with E-state index in [2.05, 4.69) is 59.6 Å². The van der Waals surface area contributed by atoms with Crippen LogP contribution >= 0.6 is 15.9 Å². The van der Waals surface area contributed by atoms with E-state index in [0.29, 0.717) is 18.7 Å². The Morgan fingerprint density at radius 3 is 2.62 bits per heavy atom. The maximum atomic E-state index is 13.5. The number of benzene rings is 1. The third-order valence-electron chi connectivity index (χ3n) is 5.16. The Kier molecular flexibility index (Phi) is 8.96. The summed E-state index contributed by atoms with van der Waals surface area (Å²) in [4.78, 5) is 11.2. The van der Waals surface area contributed by atoms with E-state index in [0.717, 1.165) is 6.42 Å². The van der Waals surface area contributed by atoms with Gasteiger partial charge < -0.3 is 21.2 Å². The van der Waals surface area contributed by atoms with Gasteiger partial charge in [0.15, 0.2) is 11.7 Å². The minimum absolute atomic E-state index is 0.0359. The number of oxime groups is 1. The third-order valence-corrected chi connectivity index (χ3v) is 5.77. The predicted molar refractivity (Wildman–Crippen MR) is 131 cm³/mol. The minimum Gasteiger partial charge on any atom is -0.409 e. The van der Waals surface area contributed by atoms with E-state index in [9.17, 15) is 14.4 Å². The van der Waals surface area contributed by atoms with Crippen molar-refractivity contribution in [1.29, 1.82) is 5.41 Å². The molecule has 1 heterocycles. The molecule has 1 aromatic heterocycles. The number of halogens is 2. The number of amides is 1. The fraction of sp³-hybridized carbons (Fsp3) is 0.476. The molecule has 0 aliphatic carbocycles. The highest BCUT2D eigenvalue weighted by atomic mass is 79.9. The van der Waals surface area contributed by atoms with Gasteiger partial charge in [-0.05, 0) is 76.5 Å². The van der Waals surface area contributed by atoms with Crippen molar-refractivity contribution in [2.75, 3.05) is 17.2 Å². The van der Waals surface area contributed by atoms with Gasteiger partial charge in [-0.15, -0.1) is 0 Å². The molecule has 0 aliphatic heterocycles. The summed E-state index contributed by atoms with van der Waals surface area (Å²) < 4.78 is 18.6. The highest BCUT2D eigenvalue weighted by molar-refractivity contribution is 9.10. The SMILES string of the molecule is CCC(C)(CNc1nonc1/C(=N/O)Nc1ccc(F)c(Br)c1)CC(C)(C)NC(=N)NC(C)=O. The molecule has 6 N–H and O–H groups in total. The number of guanidine groups is 1. The number of hydrogen-bond acceptors (Lipinski definition) is 8. The van der Waals surface area contributed by atoms with Gasteiger partial charge >= 0.3 is 0 Å². The van der Waals surface area contributed by atoms with E-state index in [-0.39, 0.29) is 39.1 Å². The molecule has 0 spiro atoms. The number of hydrogen-bond donors (Lipinski definition) is 6. The van der Waals surface area contributed by atoms with Crippen LogP contribution in [-0.2, 0) is 4.79 Å². The monoisotopic (exact) mass is 540 g/mol. The molecule has 34 heavy (non-hydrogen) atoms. The lowest BCUT2D eigenvalue weighted by molar-refractivity contribution is -0.117. The number of carbonyl (C=O) groups is 1. The van der Waals surface area contributed by atoms with Gasteiger partial charge in [0.25, 0.3) is 0 Å². The Balaban J connectivity index is 2.10. The molecular weight excluding hydrogens is 511 g/mol. The van der Waals surface area contributed by atoms with Gasteiger partial charge in [-0.3, -0.25) is 15.5 Å². The smallest absolute Gasteiger partial charge is 0.223 e. The number of amidine groups is 1. The topological polar surface area (TPSA) is 161 Å². The number of rotatable bonds is 9. The summed E-state index contributed by atoms with van der Waals surface area (Å²) >= 11 is 3.11. The quantitative estimate of drug-likeness (QED) is 0.121. The van der Waals surface area contributed by atoms with Gasteiger partial charge in [0.2, 0.25) is 17.6 Å². The number of nitrogens with one attached hydrogen (secondary N) is 5. The molecule has 13 heteroatoms. The molecule has 0 saturated heterocycles. The molecule has 2 rings (SSSR count). The van der Waals surface area contributed by atoms with Gasteiger partial charge in [0, 0.05) is 24.7 Å². The van der Waals surface area contributed by atoms with Crippen molar-refractivity contribution in [1.82, 2.24) is 20.9 Å². The van der Waals surface area contributed by atoms with Crippen LogP contribution in [0.1, 0.15) is 53.2 Å². The van der Waals surface area contributed by atoms with Crippen LogP contribution in [0, 0.1) is 16.6 Å². The van der Waals surface area contributed by atoms with Crippen LogP contribution in [0.2, 0.25) is 0 Å². The second-order valence-electron chi connectivity index (χ2n) is 8.92. The summed E-state index contributed by atoms with van der Waals surface area (Å²) in [6.45, 7) is 9.83. The van der Waals surface area contributed by atoms with E-state index < -0.39 is 11.4 Å². The molecule has 0 radical (unpaired) electrons. The van der Waals surface area contributed by atoms with E-state index in [1.54, 1.807) is 0 Å². The molecule has 1 aromatic carbocycles. The van der Waals surface area contributed by atoms with Crippen LogP contribution in [0.4, 0.5) is 15.9 Å². The normalized spacial score (nSPS) is 13.7. The van der Waals surface area contributed by atoms with Gasteiger partial charge in [0.1, 0.15) is 5.82 Å².